The van der Waals surface area contributed by atoms with Crippen LogP contribution in [0.15, 0.2) is 24.3 Å². The van der Waals surface area contributed by atoms with Gasteiger partial charge in [-0.05, 0) is 30.5 Å². The quantitative estimate of drug-likeness (QED) is 0.797. The van der Waals surface area contributed by atoms with Gasteiger partial charge in [0.05, 0.1) is 0 Å². The fourth-order valence-corrected chi connectivity index (χ4v) is 2.43. The van der Waals surface area contributed by atoms with Crippen LogP contribution in [-0.2, 0) is 11.2 Å². The van der Waals surface area contributed by atoms with Gasteiger partial charge in [0.1, 0.15) is 0 Å². The molecule has 0 radical (unpaired) electrons. The van der Waals surface area contributed by atoms with E-state index in [0.29, 0.717) is 4.83 Å². The van der Waals surface area contributed by atoms with Crippen molar-refractivity contribution in [1.29, 1.82) is 0 Å². The summed E-state index contributed by atoms with van der Waals surface area (Å²) in [6, 6.07) is 6.39. The molecule has 0 saturated heterocycles. The van der Waals surface area contributed by atoms with Crippen molar-refractivity contribution in [2.24, 2.45) is 0 Å². The predicted molar refractivity (Wildman–Crippen MR) is 72.5 cm³/mol. The van der Waals surface area contributed by atoms with Crippen LogP contribution in [0.5, 0.6) is 0 Å². The Morgan fingerprint density at radius 3 is 2.37 bits per heavy atom. The van der Waals surface area contributed by atoms with Gasteiger partial charge in [-0.25, -0.2) is 0 Å². The summed E-state index contributed by atoms with van der Waals surface area (Å²) in [7, 11) is 0. The number of rotatable bonds is 5. The molecule has 0 aliphatic carbocycles. The lowest BCUT2D eigenvalue weighted by molar-refractivity contribution is -0.167. The minimum absolute atomic E-state index is 0.146. The summed E-state index contributed by atoms with van der Waals surface area (Å²) < 4.78 is 36.2. The first-order valence-electron chi connectivity index (χ1n) is 5.94. The van der Waals surface area contributed by atoms with Crippen LogP contribution in [0.4, 0.5) is 18.9 Å². The Morgan fingerprint density at radius 1 is 1.32 bits per heavy atom. The molecule has 1 rings (SSSR count). The first kappa shape index (κ1) is 16.0. The van der Waals surface area contributed by atoms with Crippen molar-refractivity contribution in [3.63, 3.8) is 0 Å². The molecule has 0 spiro atoms. The second-order valence-corrected chi connectivity index (χ2v) is 5.53. The first-order chi connectivity index (χ1) is 8.82. The van der Waals surface area contributed by atoms with Gasteiger partial charge in [0.2, 0.25) is 0 Å². The van der Waals surface area contributed by atoms with Crippen LogP contribution in [0, 0.1) is 0 Å². The average molecular weight is 338 g/mol. The molecule has 2 nitrogen and oxygen atoms in total. The molecule has 1 amide bonds. The van der Waals surface area contributed by atoms with Crippen LogP contribution in [-0.4, -0.2) is 16.9 Å². The predicted octanol–water partition coefficient (Wildman–Crippen LogP) is 4.29. The Balaban J connectivity index is 2.59. The summed E-state index contributed by atoms with van der Waals surface area (Å²) in [6.07, 6.45) is -1.95. The van der Waals surface area contributed by atoms with Crippen LogP contribution in [0.2, 0.25) is 0 Å². The third-order valence-corrected chi connectivity index (χ3v) is 3.31. The van der Waals surface area contributed by atoms with Gasteiger partial charge in [-0.3, -0.25) is 4.79 Å². The molecular weight excluding hydrogens is 323 g/mol. The molecule has 1 atom stereocenters. The molecule has 19 heavy (non-hydrogen) atoms. The van der Waals surface area contributed by atoms with E-state index in [9.17, 15) is 18.0 Å². The lowest BCUT2D eigenvalue weighted by Crippen LogP contribution is -2.29. The van der Waals surface area contributed by atoms with Crippen molar-refractivity contribution in [3.05, 3.63) is 29.8 Å². The van der Waals surface area contributed by atoms with Crippen LogP contribution >= 0.6 is 15.9 Å². The lowest BCUT2D eigenvalue weighted by atomic mass is 10.1. The van der Waals surface area contributed by atoms with Gasteiger partial charge in [-0.15, -0.1) is 0 Å². The van der Waals surface area contributed by atoms with Crippen molar-refractivity contribution < 1.29 is 18.0 Å². The number of alkyl halides is 4. The Hall–Kier alpha value is -1.04. The SMILES string of the molecule is CCCC(Br)Cc1ccc(NC(=O)C(F)(F)F)cc1. The summed E-state index contributed by atoms with van der Waals surface area (Å²) in [5.41, 5.74) is 1.16. The topological polar surface area (TPSA) is 29.1 Å². The summed E-state index contributed by atoms with van der Waals surface area (Å²) in [6.45, 7) is 2.09. The molecule has 0 heterocycles. The van der Waals surface area contributed by atoms with Gasteiger partial charge in [-0.2, -0.15) is 13.2 Å². The van der Waals surface area contributed by atoms with Crippen molar-refractivity contribution >= 4 is 27.5 Å². The summed E-state index contributed by atoms with van der Waals surface area (Å²) in [4.78, 5) is 11.1. The normalized spacial score (nSPS) is 13.1. The molecule has 6 heteroatoms. The highest BCUT2D eigenvalue weighted by Crippen LogP contribution is 2.20. The van der Waals surface area contributed by atoms with Gasteiger partial charge >= 0.3 is 12.1 Å². The largest absolute Gasteiger partial charge is 0.471 e. The number of halogens is 4. The highest BCUT2D eigenvalue weighted by molar-refractivity contribution is 9.09. The molecule has 0 saturated carbocycles. The second kappa shape index (κ2) is 6.93. The molecule has 1 aromatic carbocycles. The third-order valence-electron chi connectivity index (χ3n) is 2.53. The minimum Gasteiger partial charge on any atom is -0.318 e. The Bertz CT molecular complexity index is 417. The molecular formula is C13H15BrF3NO. The van der Waals surface area contributed by atoms with Crippen molar-refractivity contribution in [2.75, 3.05) is 5.32 Å². The van der Waals surface area contributed by atoms with E-state index in [2.05, 4.69) is 22.9 Å². The Labute approximate surface area is 118 Å². The number of carbonyl (C=O) groups is 1. The number of amides is 1. The van der Waals surface area contributed by atoms with Gasteiger partial charge < -0.3 is 5.32 Å². The molecule has 0 bridgehead atoms. The standard InChI is InChI=1S/C13H15BrF3NO/c1-2-3-10(14)8-9-4-6-11(7-5-9)18-12(19)13(15,16)17/h4-7,10H,2-3,8H2,1H3,(H,18,19). The number of hydrogen-bond acceptors (Lipinski definition) is 1. The van der Waals surface area contributed by atoms with E-state index in [1.54, 1.807) is 12.1 Å². The van der Waals surface area contributed by atoms with Gasteiger partial charge in [0.15, 0.2) is 0 Å². The monoisotopic (exact) mass is 337 g/mol. The van der Waals surface area contributed by atoms with E-state index in [0.717, 1.165) is 24.8 Å². The fraction of sp³-hybridized carbons (Fsp3) is 0.462. The van der Waals surface area contributed by atoms with Gasteiger partial charge in [-0.1, -0.05) is 41.4 Å². The number of benzene rings is 1. The minimum atomic E-state index is -4.86. The lowest BCUT2D eigenvalue weighted by Gasteiger charge is -2.10. The molecule has 0 aliphatic rings. The van der Waals surface area contributed by atoms with E-state index in [-0.39, 0.29) is 5.69 Å². The summed E-state index contributed by atoms with van der Waals surface area (Å²) in [5, 5.41) is 1.81. The number of nitrogens with one attached hydrogen (secondary N) is 1. The molecule has 0 fully saturated rings. The van der Waals surface area contributed by atoms with E-state index in [1.807, 2.05) is 5.32 Å². The van der Waals surface area contributed by atoms with Crippen LogP contribution < -0.4 is 5.32 Å². The summed E-state index contributed by atoms with van der Waals surface area (Å²) >= 11 is 3.54. The highest BCUT2D eigenvalue weighted by Gasteiger charge is 2.38. The fourth-order valence-electron chi connectivity index (χ4n) is 1.60. The molecule has 0 aliphatic heterocycles. The zero-order valence-electron chi connectivity index (χ0n) is 10.4. The number of hydrogen-bond donors (Lipinski definition) is 1. The van der Waals surface area contributed by atoms with Crippen LogP contribution in [0.1, 0.15) is 25.3 Å². The molecule has 0 aromatic heterocycles. The third kappa shape index (κ3) is 5.63. The Kier molecular flexibility index (Phi) is 5.85. The van der Waals surface area contributed by atoms with Crippen molar-refractivity contribution in [1.82, 2.24) is 0 Å². The Morgan fingerprint density at radius 2 is 1.89 bits per heavy atom. The summed E-state index contributed by atoms with van der Waals surface area (Å²) in [5.74, 6) is -1.95. The van der Waals surface area contributed by atoms with E-state index in [1.165, 1.54) is 12.1 Å². The second-order valence-electron chi connectivity index (χ2n) is 4.24. The first-order valence-corrected chi connectivity index (χ1v) is 6.85. The number of anilines is 1. The van der Waals surface area contributed by atoms with Crippen LogP contribution in [0.25, 0.3) is 0 Å². The number of carbonyl (C=O) groups excluding carboxylic acids is 1. The maximum Gasteiger partial charge on any atom is 0.471 e. The highest BCUT2D eigenvalue weighted by atomic mass is 79.9. The zero-order valence-corrected chi connectivity index (χ0v) is 12.0. The average Bonchev–Trinajstić information content (AvgIpc) is 2.30. The maximum atomic E-state index is 12.1. The zero-order chi connectivity index (χ0) is 14.5. The van der Waals surface area contributed by atoms with Gasteiger partial charge in [0, 0.05) is 10.5 Å². The maximum absolute atomic E-state index is 12.1. The van der Waals surface area contributed by atoms with Crippen molar-refractivity contribution in [2.45, 2.75) is 37.2 Å². The van der Waals surface area contributed by atoms with Gasteiger partial charge in [0.25, 0.3) is 0 Å². The van der Waals surface area contributed by atoms with Crippen LogP contribution in [0.3, 0.4) is 0 Å². The molecule has 106 valence electrons. The smallest absolute Gasteiger partial charge is 0.318 e. The molecule has 1 aromatic rings. The van der Waals surface area contributed by atoms with E-state index >= 15 is 0 Å². The molecule has 1 unspecified atom stereocenters. The van der Waals surface area contributed by atoms with E-state index < -0.39 is 12.1 Å². The van der Waals surface area contributed by atoms with E-state index in [4.69, 9.17) is 0 Å². The molecule has 1 N–H and O–H groups in total. The van der Waals surface area contributed by atoms with Crippen molar-refractivity contribution in [3.8, 4) is 0 Å².